The maximum Gasteiger partial charge on any atom is 0.138 e. The van der Waals surface area contributed by atoms with Crippen molar-refractivity contribution < 1.29 is 10.2 Å². The normalized spacial score (nSPS) is 12.9. The fourth-order valence-corrected chi connectivity index (χ4v) is 3.23. The molecule has 0 saturated carbocycles. The Morgan fingerprint density at radius 2 is 1.89 bits per heavy atom. The summed E-state index contributed by atoms with van der Waals surface area (Å²) in [7, 11) is 0. The lowest BCUT2D eigenvalue weighted by Gasteiger charge is -2.20. The Morgan fingerprint density at radius 3 is 2.48 bits per heavy atom. The zero-order chi connectivity index (χ0) is 19.6. The van der Waals surface area contributed by atoms with Gasteiger partial charge >= 0.3 is 0 Å². The number of benzene rings is 1. The van der Waals surface area contributed by atoms with E-state index in [2.05, 4.69) is 61.4 Å². The van der Waals surface area contributed by atoms with Gasteiger partial charge in [0.25, 0.3) is 0 Å². The number of nitrogens with one attached hydrogen (secondary N) is 1. The van der Waals surface area contributed by atoms with E-state index >= 15 is 0 Å². The fraction of sp³-hybridized carbons (Fsp3) is 0.435. The maximum absolute atomic E-state index is 10.3. The van der Waals surface area contributed by atoms with Gasteiger partial charge in [-0.05, 0) is 60.6 Å². The quantitative estimate of drug-likeness (QED) is 0.525. The summed E-state index contributed by atoms with van der Waals surface area (Å²) in [6.07, 6.45) is 8.12. The minimum atomic E-state index is -0.924. The first kappa shape index (κ1) is 21.1. The van der Waals surface area contributed by atoms with Gasteiger partial charge in [0.2, 0.25) is 0 Å². The van der Waals surface area contributed by atoms with E-state index in [0.717, 1.165) is 36.1 Å². The summed E-state index contributed by atoms with van der Waals surface area (Å²) in [5.41, 5.74) is 5.01. The van der Waals surface area contributed by atoms with Crippen molar-refractivity contribution >= 4 is 17.1 Å². The van der Waals surface area contributed by atoms with E-state index in [9.17, 15) is 10.2 Å². The number of unbranched alkanes of at least 4 members (excludes halogenated alkanes) is 1. The monoisotopic (exact) mass is 368 g/mol. The first-order valence-electron chi connectivity index (χ1n) is 9.97. The van der Waals surface area contributed by atoms with E-state index in [1.807, 2.05) is 0 Å². The third-order valence-corrected chi connectivity index (χ3v) is 4.70. The molecule has 3 N–H and O–H groups in total. The summed E-state index contributed by atoms with van der Waals surface area (Å²) in [5, 5.41) is 23.2. The Kier molecular flexibility index (Phi) is 8.49. The van der Waals surface area contributed by atoms with Crippen molar-refractivity contribution in [2.24, 2.45) is 0 Å². The highest BCUT2D eigenvalue weighted by molar-refractivity contribution is 5.79. The highest BCUT2D eigenvalue weighted by Crippen LogP contribution is 2.33. The number of nitrogens with zero attached hydrogens (tertiary/aromatic N) is 1. The second-order valence-electron chi connectivity index (χ2n) is 6.74. The summed E-state index contributed by atoms with van der Waals surface area (Å²) < 4.78 is 0. The van der Waals surface area contributed by atoms with Crippen molar-refractivity contribution in [1.29, 1.82) is 0 Å². The van der Waals surface area contributed by atoms with Crippen LogP contribution in [0.25, 0.3) is 5.57 Å². The lowest BCUT2D eigenvalue weighted by Crippen LogP contribution is -2.09. The van der Waals surface area contributed by atoms with Crippen molar-refractivity contribution in [1.82, 2.24) is 4.98 Å². The van der Waals surface area contributed by atoms with Crippen molar-refractivity contribution in [3.63, 3.8) is 0 Å². The third-order valence-electron chi connectivity index (χ3n) is 4.70. The molecule has 146 valence electrons. The molecule has 0 aliphatic carbocycles. The maximum atomic E-state index is 10.3. The van der Waals surface area contributed by atoms with Crippen LogP contribution >= 0.6 is 0 Å². The van der Waals surface area contributed by atoms with E-state index in [1.165, 1.54) is 18.4 Å². The number of aromatic nitrogens is 1. The second-order valence-corrected chi connectivity index (χ2v) is 6.74. The molecule has 4 nitrogen and oxygen atoms in total. The van der Waals surface area contributed by atoms with Gasteiger partial charge in [0.15, 0.2) is 0 Å². The van der Waals surface area contributed by atoms with Crippen LogP contribution in [0.3, 0.4) is 0 Å². The van der Waals surface area contributed by atoms with Crippen molar-refractivity contribution in [3.8, 4) is 0 Å². The topological polar surface area (TPSA) is 65.4 Å². The molecule has 0 spiro atoms. The van der Waals surface area contributed by atoms with Gasteiger partial charge in [-0.1, -0.05) is 45.4 Å². The van der Waals surface area contributed by atoms with Gasteiger partial charge in [-0.15, -0.1) is 0 Å². The molecule has 0 aliphatic heterocycles. The number of aliphatic hydroxyl groups is 2. The van der Waals surface area contributed by atoms with Gasteiger partial charge in [-0.25, -0.2) is 4.98 Å². The Hall–Kier alpha value is -2.17. The third kappa shape index (κ3) is 5.65. The van der Waals surface area contributed by atoms with Crippen LogP contribution in [0.15, 0.2) is 42.6 Å². The lowest BCUT2D eigenvalue weighted by atomic mass is 9.94. The molecule has 2 aromatic rings. The highest BCUT2D eigenvalue weighted by atomic mass is 16.3. The lowest BCUT2D eigenvalue weighted by molar-refractivity contribution is 0.0954. The van der Waals surface area contributed by atoms with Crippen molar-refractivity contribution in [2.45, 2.75) is 59.0 Å². The summed E-state index contributed by atoms with van der Waals surface area (Å²) in [4.78, 5) is 4.53. The van der Waals surface area contributed by atoms with E-state index in [0.29, 0.717) is 11.4 Å². The van der Waals surface area contributed by atoms with Crippen LogP contribution in [-0.4, -0.2) is 21.8 Å². The number of pyridine rings is 1. The average molecular weight is 369 g/mol. The van der Waals surface area contributed by atoms with Crippen LogP contribution in [0, 0.1) is 0 Å². The molecule has 1 unspecified atom stereocenters. The van der Waals surface area contributed by atoms with Crippen LogP contribution < -0.4 is 5.32 Å². The molecule has 0 bridgehead atoms. The zero-order valence-electron chi connectivity index (χ0n) is 16.7. The number of aliphatic hydroxyl groups excluding tert-OH is 2. The molecule has 2 rings (SSSR count). The van der Waals surface area contributed by atoms with E-state index in [1.54, 1.807) is 12.3 Å². The SMILES string of the molecule is CC/C=C(\CC)c1c(C(O)CO)ccnc1Nc1ccc(CCCC)cc1. The van der Waals surface area contributed by atoms with Crippen LogP contribution in [0.1, 0.15) is 69.2 Å². The summed E-state index contributed by atoms with van der Waals surface area (Å²) in [6, 6.07) is 10.2. The van der Waals surface area contributed by atoms with Gasteiger partial charge in [0.05, 0.1) is 6.61 Å². The number of hydrogen-bond acceptors (Lipinski definition) is 4. The number of allylic oxidation sites excluding steroid dienone is 2. The first-order valence-corrected chi connectivity index (χ1v) is 9.97. The molecule has 1 heterocycles. The number of aryl methyl sites for hydroxylation is 1. The largest absolute Gasteiger partial charge is 0.393 e. The molecule has 0 radical (unpaired) electrons. The minimum absolute atomic E-state index is 0.314. The van der Waals surface area contributed by atoms with Crippen LogP contribution in [-0.2, 0) is 6.42 Å². The molecular weight excluding hydrogens is 336 g/mol. The number of rotatable bonds is 10. The Balaban J connectivity index is 2.39. The fourth-order valence-electron chi connectivity index (χ4n) is 3.23. The first-order chi connectivity index (χ1) is 13.1. The van der Waals surface area contributed by atoms with Gasteiger partial charge in [0, 0.05) is 17.4 Å². The highest BCUT2D eigenvalue weighted by Gasteiger charge is 2.18. The summed E-state index contributed by atoms with van der Waals surface area (Å²) in [5.74, 6) is 0.711. The van der Waals surface area contributed by atoms with Gasteiger partial charge in [-0.2, -0.15) is 0 Å². The number of hydrogen-bond donors (Lipinski definition) is 3. The zero-order valence-corrected chi connectivity index (χ0v) is 16.7. The molecule has 1 atom stereocenters. The Labute approximate surface area is 163 Å². The Morgan fingerprint density at radius 1 is 1.15 bits per heavy atom. The van der Waals surface area contributed by atoms with Gasteiger partial charge in [0.1, 0.15) is 11.9 Å². The van der Waals surface area contributed by atoms with E-state index in [-0.39, 0.29) is 6.61 Å². The standard InChI is InChI=1S/C23H32N2O2/c1-4-7-9-17-10-12-19(13-11-17)25-23-22(18(6-3)8-5-2)20(14-15-24-23)21(27)16-26/h8,10-15,21,26-27H,4-7,9,16H2,1-3H3,(H,24,25)/b18-8+. The summed E-state index contributed by atoms with van der Waals surface area (Å²) in [6.45, 7) is 6.07. The second kappa shape index (κ2) is 10.9. The average Bonchev–Trinajstić information content (AvgIpc) is 2.71. The molecule has 4 heteroatoms. The molecule has 0 saturated heterocycles. The summed E-state index contributed by atoms with van der Waals surface area (Å²) >= 11 is 0. The molecule has 0 amide bonds. The van der Waals surface area contributed by atoms with Crippen LogP contribution in [0.2, 0.25) is 0 Å². The predicted octanol–water partition coefficient (Wildman–Crippen LogP) is 5.40. The van der Waals surface area contributed by atoms with Crippen LogP contribution in [0.5, 0.6) is 0 Å². The molecule has 1 aromatic carbocycles. The van der Waals surface area contributed by atoms with Crippen LogP contribution in [0.4, 0.5) is 11.5 Å². The Bertz CT molecular complexity index is 739. The molecule has 1 aromatic heterocycles. The minimum Gasteiger partial charge on any atom is -0.393 e. The molecule has 0 fully saturated rings. The van der Waals surface area contributed by atoms with E-state index in [4.69, 9.17) is 0 Å². The number of anilines is 2. The molecule has 27 heavy (non-hydrogen) atoms. The van der Waals surface area contributed by atoms with Crippen molar-refractivity contribution in [2.75, 3.05) is 11.9 Å². The smallest absolute Gasteiger partial charge is 0.138 e. The van der Waals surface area contributed by atoms with Crippen molar-refractivity contribution in [3.05, 3.63) is 59.3 Å². The molecular formula is C23H32N2O2. The molecule has 0 aliphatic rings. The van der Waals surface area contributed by atoms with E-state index < -0.39 is 6.10 Å². The predicted molar refractivity (Wildman–Crippen MR) is 113 cm³/mol. The van der Waals surface area contributed by atoms with Gasteiger partial charge < -0.3 is 15.5 Å². The van der Waals surface area contributed by atoms with Gasteiger partial charge in [-0.3, -0.25) is 0 Å².